The van der Waals surface area contributed by atoms with Gasteiger partial charge in [0, 0.05) is 12.7 Å². The molecular formula is C18H14ClFN6O3. The lowest BCUT2D eigenvalue weighted by Crippen LogP contribution is -2.29. The number of imidazole rings is 1. The lowest BCUT2D eigenvalue weighted by molar-refractivity contribution is 0.131. The van der Waals surface area contributed by atoms with Crippen molar-refractivity contribution < 1.29 is 13.9 Å². The number of carbonyl (C=O) groups excluding carboxylic acids is 1. The van der Waals surface area contributed by atoms with Crippen molar-refractivity contribution >= 4 is 45.9 Å². The van der Waals surface area contributed by atoms with E-state index in [4.69, 9.17) is 22.9 Å². The van der Waals surface area contributed by atoms with Crippen molar-refractivity contribution in [2.24, 2.45) is 7.05 Å². The summed E-state index contributed by atoms with van der Waals surface area (Å²) in [4.78, 5) is 30.9. The van der Waals surface area contributed by atoms with Crippen molar-refractivity contribution in [1.82, 2.24) is 19.4 Å². The summed E-state index contributed by atoms with van der Waals surface area (Å²) in [7, 11) is 1.64. The Kier molecular flexibility index (Phi) is 4.60. The number of hydrogen-bond donors (Lipinski definition) is 2. The number of halogens is 2. The van der Waals surface area contributed by atoms with Crippen LogP contribution in [-0.4, -0.2) is 32.9 Å². The first-order chi connectivity index (χ1) is 13.9. The zero-order valence-corrected chi connectivity index (χ0v) is 15.8. The molecule has 0 bridgehead atoms. The van der Waals surface area contributed by atoms with Gasteiger partial charge in [-0.05, 0) is 24.3 Å². The van der Waals surface area contributed by atoms with E-state index in [1.54, 1.807) is 25.2 Å². The molecule has 2 N–H and O–H groups in total. The van der Waals surface area contributed by atoms with E-state index in [0.29, 0.717) is 23.3 Å². The van der Waals surface area contributed by atoms with E-state index in [0.717, 1.165) is 6.07 Å². The molecule has 1 atom stereocenters. The Labute approximate surface area is 168 Å². The van der Waals surface area contributed by atoms with Crippen molar-refractivity contribution in [3.63, 3.8) is 0 Å². The SMILES string of the molecule is [C-]#[N+]c1cc(F)c(Nc2ccc3c(c2)n(C[C@H]2CNC(=O)O2)c(=O)n3C)nc1Cl. The van der Waals surface area contributed by atoms with E-state index in [2.05, 4.69) is 20.5 Å². The number of nitrogens with one attached hydrogen (secondary N) is 2. The summed E-state index contributed by atoms with van der Waals surface area (Å²) in [6.07, 6.45) is -0.992. The third-order valence-corrected chi connectivity index (χ3v) is 4.85. The Morgan fingerprint density at radius 1 is 1.41 bits per heavy atom. The fourth-order valence-electron chi connectivity index (χ4n) is 3.16. The highest BCUT2D eigenvalue weighted by atomic mass is 35.5. The van der Waals surface area contributed by atoms with Crippen LogP contribution in [0.2, 0.25) is 5.15 Å². The first-order valence-corrected chi connectivity index (χ1v) is 8.89. The van der Waals surface area contributed by atoms with Gasteiger partial charge in [-0.3, -0.25) is 9.13 Å². The average molecular weight is 417 g/mol. The number of rotatable bonds is 4. The van der Waals surface area contributed by atoms with Gasteiger partial charge in [-0.1, -0.05) is 11.6 Å². The Morgan fingerprint density at radius 2 is 2.21 bits per heavy atom. The molecule has 0 aliphatic carbocycles. The zero-order valence-electron chi connectivity index (χ0n) is 15.1. The van der Waals surface area contributed by atoms with Crippen LogP contribution in [0.3, 0.4) is 0 Å². The zero-order chi connectivity index (χ0) is 20.7. The molecule has 2 aromatic heterocycles. The van der Waals surface area contributed by atoms with Crippen molar-refractivity contribution in [3.05, 3.63) is 57.1 Å². The Bertz CT molecular complexity index is 1250. The van der Waals surface area contributed by atoms with Gasteiger partial charge in [0.1, 0.15) is 11.3 Å². The lowest BCUT2D eigenvalue weighted by Gasteiger charge is -2.11. The van der Waals surface area contributed by atoms with Gasteiger partial charge in [0.15, 0.2) is 11.6 Å². The minimum Gasteiger partial charge on any atom is -0.442 e. The van der Waals surface area contributed by atoms with Gasteiger partial charge in [0.05, 0.1) is 30.7 Å². The topological polar surface area (TPSA) is 94.5 Å². The number of aryl methyl sites for hydroxylation is 1. The van der Waals surface area contributed by atoms with Gasteiger partial charge in [0.2, 0.25) is 5.69 Å². The number of pyridine rings is 1. The van der Waals surface area contributed by atoms with Crippen LogP contribution in [-0.2, 0) is 18.3 Å². The number of nitrogens with zero attached hydrogens (tertiary/aromatic N) is 4. The highest BCUT2D eigenvalue weighted by Crippen LogP contribution is 2.29. The summed E-state index contributed by atoms with van der Waals surface area (Å²) in [6, 6.07) is 6.05. The van der Waals surface area contributed by atoms with Crippen LogP contribution in [0.5, 0.6) is 0 Å². The highest BCUT2D eigenvalue weighted by Gasteiger charge is 2.25. The third-order valence-electron chi connectivity index (χ3n) is 4.57. The van der Waals surface area contributed by atoms with Crippen LogP contribution in [0.25, 0.3) is 15.9 Å². The van der Waals surface area contributed by atoms with E-state index >= 15 is 0 Å². The summed E-state index contributed by atoms with van der Waals surface area (Å²) < 4.78 is 22.3. The molecule has 0 spiro atoms. The van der Waals surface area contributed by atoms with Crippen LogP contribution in [0.4, 0.5) is 26.4 Å². The normalized spacial score (nSPS) is 15.8. The molecule has 3 aromatic rings. The number of alkyl carbamates (subject to hydrolysis) is 1. The molecule has 1 aliphatic heterocycles. The Hall–Kier alpha value is -3.58. The second-order valence-electron chi connectivity index (χ2n) is 6.43. The molecule has 3 heterocycles. The highest BCUT2D eigenvalue weighted by molar-refractivity contribution is 6.32. The van der Waals surface area contributed by atoms with Gasteiger partial charge in [-0.15, -0.1) is 0 Å². The number of aromatic nitrogens is 3. The maximum absolute atomic E-state index is 14.2. The predicted molar refractivity (Wildman–Crippen MR) is 104 cm³/mol. The van der Waals surface area contributed by atoms with Gasteiger partial charge >= 0.3 is 11.8 Å². The van der Waals surface area contributed by atoms with Crippen molar-refractivity contribution in [2.45, 2.75) is 12.6 Å². The first kappa shape index (κ1) is 18.8. The second kappa shape index (κ2) is 7.10. The monoisotopic (exact) mass is 416 g/mol. The Balaban J connectivity index is 1.71. The van der Waals surface area contributed by atoms with E-state index in [1.807, 2.05) is 0 Å². The van der Waals surface area contributed by atoms with Gasteiger partial charge in [0.25, 0.3) is 0 Å². The molecule has 0 unspecified atom stereocenters. The largest absolute Gasteiger partial charge is 0.442 e. The van der Waals surface area contributed by atoms with E-state index < -0.39 is 18.0 Å². The molecule has 0 saturated carbocycles. The molecule has 1 aliphatic rings. The number of ether oxygens (including phenoxy) is 1. The van der Waals surface area contributed by atoms with Gasteiger partial charge in [-0.2, -0.15) is 0 Å². The molecule has 1 amide bonds. The molecule has 29 heavy (non-hydrogen) atoms. The fraction of sp³-hybridized carbons (Fsp3) is 0.222. The third kappa shape index (κ3) is 3.36. The van der Waals surface area contributed by atoms with E-state index in [-0.39, 0.29) is 28.9 Å². The fourth-order valence-corrected chi connectivity index (χ4v) is 3.34. The van der Waals surface area contributed by atoms with Gasteiger partial charge < -0.3 is 15.4 Å². The molecule has 1 saturated heterocycles. The van der Waals surface area contributed by atoms with Gasteiger partial charge in [-0.25, -0.2) is 23.8 Å². The quantitative estimate of drug-likeness (QED) is 0.503. The molecule has 4 rings (SSSR count). The number of fused-ring (bicyclic) bond motifs is 1. The number of amides is 1. The minimum atomic E-state index is -0.727. The summed E-state index contributed by atoms with van der Waals surface area (Å²) in [5.41, 5.74) is 1.36. The summed E-state index contributed by atoms with van der Waals surface area (Å²) in [5.74, 6) is -0.865. The van der Waals surface area contributed by atoms with Crippen LogP contribution < -0.4 is 16.3 Å². The summed E-state index contributed by atoms with van der Waals surface area (Å²) in [5, 5.41) is 5.25. The summed E-state index contributed by atoms with van der Waals surface area (Å²) in [6.45, 7) is 7.44. The second-order valence-corrected chi connectivity index (χ2v) is 6.79. The number of anilines is 2. The predicted octanol–water partition coefficient (Wildman–Crippen LogP) is 2.93. The molecule has 0 radical (unpaired) electrons. The van der Waals surface area contributed by atoms with E-state index in [9.17, 15) is 14.0 Å². The van der Waals surface area contributed by atoms with E-state index in [1.165, 1.54) is 9.13 Å². The smallest absolute Gasteiger partial charge is 0.407 e. The Morgan fingerprint density at radius 3 is 2.90 bits per heavy atom. The van der Waals surface area contributed by atoms with Crippen LogP contribution in [0, 0.1) is 12.4 Å². The van der Waals surface area contributed by atoms with Crippen molar-refractivity contribution in [2.75, 3.05) is 11.9 Å². The molecule has 11 heteroatoms. The molecule has 1 aromatic carbocycles. The maximum atomic E-state index is 14.2. The lowest BCUT2D eigenvalue weighted by atomic mass is 10.2. The minimum absolute atomic E-state index is 0.0817. The maximum Gasteiger partial charge on any atom is 0.407 e. The van der Waals surface area contributed by atoms with Crippen LogP contribution in [0.15, 0.2) is 29.1 Å². The molecule has 1 fully saturated rings. The number of hydrogen-bond acceptors (Lipinski definition) is 5. The first-order valence-electron chi connectivity index (χ1n) is 8.51. The summed E-state index contributed by atoms with van der Waals surface area (Å²) >= 11 is 5.89. The average Bonchev–Trinajstić information content (AvgIpc) is 3.21. The number of carbonyl (C=O) groups is 1. The molecule has 148 valence electrons. The number of benzene rings is 1. The van der Waals surface area contributed by atoms with Crippen molar-refractivity contribution in [3.8, 4) is 0 Å². The number of cyclic esters (lactones) is 1. The standard InChI is InChI=1S/C18H14ClFN6O3/c1-21-12-6-11(20)16(24-15(12)19)23-9-3-4-13-14(5-9)26(18(28)25(13)2)8-10-7-22-17(27)29-10/h3-6,10H,7-8H2,2H3,(H,22,27)(H,23,24)/t10-/m1/s1. The van der Waals surface area contributed by atoms with Crippen LogP contribution in [0.1, 0.15) is 0 Å². The molecular weight excluding hydrogens is 403 g/mol. The van der Waals surface area contributed by atoms with Crippen LogP contribution >= 0.6 is 11.6 Å². The molecule has 9 nitrogen and oxygen atoms in total. The van der Waals surface area contributed by atoms with Crippen molar-refractivity contribution in [1.29, 1.82) is 0 Å².